The quantitative estimate of drug-likeness (QED) is 0.658. The van der Waals surface area contributed by atoms with E-state index in [-0.39, 0.29) is 6.54 Å². The minimum absolute atomic E-state index is 0.216. The molecule has 1 unspecified atom stereocenters. The number of amides is 4. The Morgan fingerprint density at radius 2 is 2.05 bits per heavy atom. The highest BCUT2D eigenvalue weighted by atomic mass is 16.4. The Morgan fingerprint density at radius 3 is 2.65 bits per heavy atom. The summed E-state index contributed by atoms with van der Waals surface area (Å²) in [7, 11) is 0. The molecular formula is C12H17N3O5. The fourth-order valence-corrected chi connectivity index (χ4v) is 2.69. The lowest BCUT2D eigenvalue weighted by molar-refractivity contribution is -0.141. The smallest absolute Gasteiger partial charge is 0.326 e. The molecular weight excluding hydrogens is 266 g/mol. The van der Waals surface area contributed by atoms with Crippen LogP contribution in [0.15, 0.2) is 0 Å². The van der Waals surface area contributed by atoms with Crippen molar-refractivity contribution < 1.29 is 24.3 Å². The van der Waals surface area contributed by atoms with Crippen molar-refractivity contribution in [1.82, 2.24) is 15.1 Å². The highest BCUT2D eigenvalue weighted by Gasteiger charge is 2.42. The number of hydrogen-bond donors (Lipinski definition) is 2. The molecule has 0 aromatic heterocycles. The molecule has 0 aromatic carbocycles. The Morgan fingerprint density at radius 1 is 1.35 bits per heavy atom. The molecule has 8 nitrogen and oxygen atoms in total. The van der Waals surface area contributed by atoms with Gasteiger partial charge in [0.25, 0.3) is 0 Å². The molecule has 2 aliphatic rings. The number of carboxylic acid groups (broad SMARTS) is 1. The van der Waals surface area contributed by atoms with Gasteiger partial charge in [-0.1, -0.05) is 6.92 Å². The number of nitrogens with zero attached hydrogens (tertiary/aromatic N) is 2. The first-order valence-corrected chi connectivity index (χ1v) is 6.59. The third kappa shape index (κ3) is 2.45. The zero-order valence-corrected chi connectivity index (χ0v) is 11.2. The topological polar surface area (TPSA) is 107 Å². The molecule has 0 bridgehead atoms. The average molecular weight is 283 g/mol. The molecule has 2 fully saturated rings. The molecule has 20 heavy (non-hydrogen) atoms. The summed E-state index contributed by atoms with van der Waals surface area (Å²) in [6, 6.07) is -2.15. The average Bonchev–Trinajstić information content (AvgIpc) is 2.86. The van der Waals surface area contributed by atoms with Crippen molar-refractivity contribution in [2.75, 3.05) is 13.1 Å². The van der Waals surface area contributed by atoms with Crippen molar-refractivity contribution in [3.05, 3.63) is 0 Å². The molecule has 2 heterocycles. The van der Waals surface area contributed by atoms with Crippen LogP contribution in [-0.2, 0) is 14.4 Å². The van der Waals surface area contributed by atoms with Crippen molar-refractivity contribution in [2.24, 2.45) is 0 Å². The number of urea groups is 1. The first-order valence-electron chi connectivity index (χ1n) is 6.59. The van der Waals surface area contributed by atoms with Crippen molar-refractivity contribution in [1.29, 1.82) is 0 Å². The number of nitrogens with one attached hydrogen (secondary N) is 1. The summed E-state index contributed by atoms with van der Waals surface area (Å²) in [6.45, 7) is 1.85. The van der Waals surface area contributed by atoms with Crippen LogP contribution < -0.4 is 5.32 Å². The van der Waals surface area contributed by atoms with Gasteiger partial charge < -0.3 is 14.9 Å². The van der Waals surface area contributed by atoms with Gasteiger partial charge >= 0.3 is 12.0 Å². The predicted octanol–water partition coefficient (Wildman–Crippen LogP) is -0.608. The van der Waals surface area contributed by atoms with E-state index in [9.17, 15) is 19.2 Å². The number of aliphatic carboxylic acids is 1. The minimum Gasteiger partial charge on any atom is -0.480 e. The summed E-state index contributed by atoms with van der Waals surface area (Å²) in [5.41, 5.74) is 0. The Kier molecular flexibility index (Phi) is 3.91. The van der Waals surface area contributed by atoms with E-state index in [1.807, 2.05) is 0 Å². The van der Waals surface area contributed by atoms with Crippen LogP contribution in [0.2, 0.25) is 0 Å². The van der Waals surface area contributed by atoms with Gasteiger partial charge in [0, 0.05) is 6.54 Å². The van der Waals surface area contributed by atoms with Crippen LogP contribution in [0.5, 0.6) is 0 Å². The molecule has 2 rings (SSSR count). The van der Waals surface area contributed by atoms with Gasteiger partial charge in [-0.05, 0) is 19.3 Å². The number of likely N-dealkylation sites (tertiary alicyclic amines) is 1. The lowest BCUT2D eigenvalue weighted by Gasteiger charge is -2.37. The number of rotatable bonds is 2. The van der Waals surface area contributed by atoms with E-state index in [1.54, 1.807) is 6.92 Å². The second kappa shape index (κ2) is 5.48. The Labute approximate surface area is 115 Å². The van der Waals surface area contributed by atoms with E-state index in [0.717, 1.165) is 0 Å². The summed E-state index contributed by atoms with van der Waals surface area (Å²) in [6.07, 6.45) is 1.37. The molecule has 110 valence electrons. The van der Waals surface area contributed by atoms with Crippen molar-refractivity contribution >= 4 is 23.8 Å². The SMILES string of the molecule is CCC1C(=O)NC(=O)CN1C(=O)N1CCC[C@H]1C(=O)O. The number of carbonyl (C=O) groups is 4. The fourth-order valence-electron chi connectivity index (χ4n) is 2.69. The van der Waals surface area contributed by atoms with E-state index in [4.69, 9.17) is 5.11 Å². The third-order valence-electron chi connectivity index (χ3n) is 3.67. The molecule has 0 radical (unpaired) electrons. The summed E-state index contributed by atoms with van der Waals surface area (Å²) in [5, 5.41) is 11.3. The molecule has 4 amide bonds. The molecule has 2 aliphatic heterocycles. The maximum atomic E-state index is 12.4. The maximum absolute atomic E-state index is 12.4. The van der Waals surface area contributed by atoms with Crippen LogP contribution in [0.4, 0.5) is 4.79 Å². The Bertz CT molecular complexity index is 464. The van der Waals surface area contributed by atoms with E-state index < -0.39 is 35.9 Å². The van der Waals surface area contributed by atoms with E-state index >= 15 is 0 Å². The monoisotopic (exact) mass is 283 g/mol. The predicted molar refractivity (Wildman–Crippen MR) is 66.7 cm³/mol. The number of imide groups is 1. The molecule has 0 aromatic rings. The normalized spacial score (nSPS) is 26.6. The van der Waals surface area contributed by atoms with Crippen molar-refractivity contribution in [2.45, 2.75) is 38.3 Å². The largest absolute Gasteiger partial charge is 0.480 e. The van der Waals surface area contributed by atoms with E-state index in [0.29, 0.717) is 25.8 Å². The van der Waals surface area contributed by atoms with Crippen LogP contribution in [-0.4, -0.2) is 63.9 Å². The highest BCUT2D eigenvalue weighted by Crippen LogP contribution is 2.21. The first kappa shape index (κ1) is 14.3. The summed E-state index contributed by atoms with van der Waals surface area (Å²) in [5.74, 6) is -2.11. The van der Waals surface area contributed by atoms with Crippen LogP contribution in [0.1, 0.15) is 26.2 Å². The van der Waals surface area contributed by atoms with Crippen LogP contribution in [0.3, 0.4) is 0 Å². The highest BCUT2D eigenvalue weighted by molar-refractivity contribution is 6.04. The Hall–Kier alpha value is -2.12. The van der Waals surface area contributed by atoms with Gasteiger partial charge in [0.1, 0.15) is 18.6 Å². The number of carbonyl (C=O) groups excluding carboxylic acids is 3. The van der Waals surface area contributed by atoms with Gasteiger partial charge in [-0.15, -0.1) is 0 Å². The van der Waals surface area contributed by atoms with Gasteiger partial charge in [-0.25, -0.2) is 9.59 Å². The second-order valence-corrected chi connectivity index (χ2v) is 4.94. The molecule has 0 saturated carbocycles. The first-order chi connectivity index (χ1) is 9.45. The standard InChI is InChI=1S/C12H17N3O5/c1-2-7-10(17)13-9(16)6-15(7)12(20)14-5-3-4-8(14)11(18)19/h7-8H,2-6H2,1H3,(H,18,19)(H,13,16,17)/t7?,8-/m0/s1. The van der Waals surface area contributed by atoms with E-state index in [1.165, 1.54) is 9.80 Å². The second-order valence-electron chi connectivity index (χ2n) is 4.94. The van der Waals surface area contributed by atoms with Crippen LogP contribution in [0.25, 0.3) is 0 Å². The van der Waals surface area contributed by atoms with E-state index in [2.05, 4.69) is 5.32 Å². The third-order valence-corrected chi connectivity index (χ3v) is 3.67. The van der Waals surface area contributed by atoms with Crippen LogP contribution >= 0.6 is 0 Å². The summed E-state index contributed by atoms with van der Waals surface area (Å²) < 4.78 is 0. The van der Waals surface area contributed by atoms with Gasteiger partial charge in [0.2, 0.25) is 11.8 Å². The van der Waals surface area contributed by atoms with Crippen molar-refractivity contribution in [3.63, 3.8) is 0 Å². The van der Waals surface area contributed by atoms with Crippen molar-refractivity contribution in [3.8, 4) is 0 Å². The molecule has 2 N–H and O–H groups in total. The lowest BCUT2D eigenvalue weighted by atomic mass is 10.1. The number of hydrogen-bond acceptors (Lipinski definition) is 4. The molecule has 0 aliphatic carbocycles. The molecule has 8 heteroatoms. The maximum Gasteiger partial charge on any atom is 0.326 e. The zero-order chi connectivity index (χ0) is 14.9. The minimum atomic E-state index is -1.06. The van der Waals surface area contributed by atoms with Gasteiger partial charge in [-0.2, -0.15) is 0 Å². The number of piperazine rings is 1. The molecule has 0 spiro atoms. The van der Waals surface area contributed by atoms with Gasteiger partial charge in [0.15, 0.2) is 0 Å². The Balaban J connectivity index is 2.19. The molecule has 2 atom stereocenters. The fraction of sp³-hybridized carbons (Fsp3) is 0.667. The van der Waals surface area contributed by atoms with Gasteiger partial charge in [-0.3, -0.25) is 14.9 Å². The summed E-state index contributed by atoms with van der Waals surface area (Å²) >= 11 is 0. The van der Waals surface area contributed by atoms with Crippen LogP contribution in [0, 0.1) is 0 Å². The molecule has 2 saturated heterocycles. The number of carboxylic acids is 1. The summed E-state index contributed by atoms with van der Waals surface area (Å²) in [4.78, 5) is 49.1. The van der Waals surface area contributed by atoms with Gasteiger partial charge in [0.05, 0.1) is 0 Å². The lowest BCUT2D eigenvalue weighted by Crippen LogP contribution is -2.62. The zero-order valence-electron chi connectivity index (χ0n) is 11.2.